The van der Waals surface area contributed by atoms with Crippen molar-refractivity contribution in [2.24, 2.45) is 0 Å². The maximum atomic E-state index is 13.6. The standard InChI is InChI=1S/C20H14F3N3O3/c1-28-14-8-9-16-15(11-14)25-19(20(21,22)23)26(16)13-6-4-12(5-7-13)24-18(27)17-3-2-10-29-17/h2-11H,1H3,(H,24,27). The number of ether oxygens (including phenoxy) is 1. The van der Waals surface area contributed by atoms with Crippen molar-refractivity contribution in [1.29, 1.82) is 0 Å². The first-order valence-electron chi connectivity index (χ1n) is 8.46. The number of anilines is 1. The number of nitrogens with zero attached hydrogens (tertiary/aromatic N) is 2. The fourth-order valence-corrected chi connectivity index (χ4v) is 2.93. The minimum Gasteiger partial charge on any atom is -0.497 e. The van der Waals surface area contributed by atoms with E-state index in [1.165, 1.54) is 55.8 Å². The number of carbonyl (C=O) groups is 1. The van der Waals surface area contributed by atoms with Gasteiger partial charge in [-0.2, -0.15) is 13.2 Å². The average Bonchev–Trinajstić information content (AvgIpc) is 3.36. The molecule has 2 aromatic heterocycles. The van der Waals surface area contributed by atoms with E-state index in [0.717, 1.165) is 4.57 Å². The van der Waals surface area contributed by atoms with Gasteiger partial charge in [0.2, 0.25) is 5.82 Å². The van der Waals surface area contributed by atoms with Crippen LogP contribution in [-0.2, 0) is 6.18 Å². The maximum absolute atomic E-state index is 13.6. The maximum Gasteiger partial charge on any atom is 0.450 e. The van der Waals surface area contributed by atoms with E-state index in [-0.39, 0.29) is 22.5 Å². The fourth-order valence-electron chi connectivity index (χ4n) is 2.93. The quantitative estimate of drug-likeness (QED) is 0.528. The predicted molar refractivity (Wildman–Crippen MR) is 99.3 cm³/mol. The third kappa shape index (κ3) is 3.54. The molecule has 0 aliphatic rings. The topological polar surface area (TPSA) is 69.3 Å². The lowest BCUT2D eigenvalue weighted by Crippen LogP contribution is -2.14. The molecule has 1 amide bonds. The van der Waals surface area contributed by atoms with Crippen molar-refractivity contribution < 1.29 is 27.1 Å². The molecule has 0 aliphatic heterocycles. The third-order valence-corrected chi connectivity index (χ3v) is 4.24. The number of nitrogens with one attached hydrogen (secondary N) is 1. The highest BCUT2D eigenvalue weighted by atomic mass is 19.4. The summed E-state index contributed by atoms with van der Waals surface area (Å²) < 4.78 is 51.8. The molecule has 0 aliphatic carbocycles. The van der Waals surface area contributed by atoms with E-state index in [1.54, 1.807) is 12.1 Å². The van der Waals surface area contributed by atoms with Gasteiger partial charge in [0.15, 0.2) is 5.76 Å². The van der Waals surface area contributed by atoms with Crippen molar-refractivity contribution >= 4 is 22.6 Å². The van der Waals surface area contributed by atoms with Gasteiger partial charge in [0, 0.05) is 17.4 Å². The number of rotatable bonds is 4. The lowest BCUT2D eigenvalue weighted by atomic mass is 10.2. The smallest absolute Gasteiger partial charge is 0.450 e. The van der Waals surface area contributed by atoms with Gasteiger partial charge in [-0.25, -0.2) is 4.98 Å². The first-order valence-corrected chi connectivity index (χ1v) is 8.46. The van der Waals surface area contributed by atoms with E-state index < -0.39 is 17.9 Å². The number of benzene rings is 2. The van der Waals surface area contributed by atoms with Crippen molar-refractivity contribution in [3.05, 3.63) is 72.4 Å². The lowest BCUT2D eigenvalue weighted by molar-refractivity contribution is -0.145. The number of hydrogen-bond acceptors (Lipinski definition) is 4. The molecular formula is C20H14F3N3O3. The normalized spacial score (nSPS) is 11.6. The van der Waals surface area contributed by atoms with Crippen LogP contribution in [0.3, 0.4) is 0 Å². The van der Waals surface area contributed by atoms with E-state index in [2.05, 4.69) is 10.3 Å². The molecule has 6 nitrogen and oxygen atoms in total. The number of hydrogen-bond donors (Lipinski definition) is 1. The molecule has 0 fully saturated rings. The second kappa shape index (κ2) is 7.01. The van der Waals surface area contributed by atoms with Crippen LogP contribution in [0.1, 0.15) is 16.4 Å². The minimum absolute atomic E-state index is 0.128. The second-order valence-electron chi connectivity index (χ2n) is 6.10. The highest BCUT2D eigenvalue weighted by molar-refractivity contribution is 6.02. The Kier molecular flexibility index (Phi) is 4.50. The molecule has 2 heterocycles. The van der Waals surface area contributed by atoms with Gasteiger partial charge in [-0.3, -0.25) is 9.36 Å². The van der Waals surface area contributed by atoms with Crippen LogP contribution >= 0.6 is 0 Å². The Morgan fingerprint density at radius 3 is 2.52 bits per heavy atom. The van der Waals surface area contributed by atoms with Crippen LogP contribution in [0.5, 0.6) is 5.75 Å². The van der Waals surface area contributed by atoms with Crippen molar-refractivity contribution in [1.82, 2.24) is 9.55 Å². The van der Waals surface area contributed by atoms with E-state index in [9.17, 15) is 18.0 Å². The Morgan fingerprint density at radius 2 is 1.90 bits per heavy atom. The average molecular weight is 401 g/mol. The summed E-state index contributed by atoms with van der Waals surface area (Å²) in [5.74, 6) is -0.970. The van der Waals surface area contributed by atoms with Gasteiger partial charge in [-0.1, -0.05) is 0 Å². The number of imidazole rings is 1. The van der Waals surface area contributed by atoms with Crippen LogP contribution < -0.4 is 10.1 Å². The predicted octanol–water partition coefficient (Wildman–Crippen LogP) is 4.90. The van der Waals surface area contributed by atoms with Crippen LogP contribution in [-0.4, -0.2) is 22.6 Å². The number of alkyl halides is 3. The Hall–Kier alpha value is -3.75. The molecule has 29 heavy (non-hydrogen) atoms. The first-order chi connectivity index (χ1) is 13.9. The summed E-state index contributed by atoms with van der Waals surface area (Å²) in [6.45, 7) is 0. The molecule has 4 aromatic rings. The number of furan rings is 1. The van der Waals surface area contributed by atoms with Crippen LogP contribution in [0.25, 0.3) is 16.7 Å². The zero-order valence-electron chi connectivity index (χ0n) is 15.0. The van der Waals surface area contributed by atoms with E-state index in [1.807, 2.05) is 0 Å². The van der Waals surface area contributed by atoms with E-state index >= 15 is 0 Å². The van der Waals surface area contributed by atoms with Gasteiger partial charge in [0.1, 0.15) is 5.75 Å². The minimum atomic E-state index is -4.65. The lowest BCUT2D eigenvalue weighted by Gasteiger charge is -2.12. The van der Waals surface area contributed by atoms with Gasteiger partial charge in [0.25, 0.3) is 5.91 Å². The second-order valence-corrected chi connectivity index (χ2v) is 6.10. The highest BCUT2D eigenvalue weighted by Crippen LogP contribution is 2.35. The van der Waals surface area contributed by atoms with Crippen molar-refractivity contribution in [3.8, 4) is 11.4 Å². The molecule has 0 saturated heterocycles. The summed E-state index contributed by atoms with van der Waals surface area (Å²) in [7, 11) is 1.43. The highest BCUT2D eigenvalue weighted by Gasteiger charge is 2.38. The number of carbonyl (C=O) groups excluding carboxylic acids is 1. The molecule has 148 valence electrons. The molecule has 0 unspecified atom stereocenters. The monoisotopic (exact) mass is 401 g/mol. The molecule has 0 saturated carbocycles. The van der Waals surface area contributed by atoms with Gasteiger partial charge in [0.05, 0.1) is 24.4 Å². The first kappa shape index (κ1) is 18.6. The molecule has 4 rings (SSSR count). The third-order valence-electron chi connectivity index (χ3n) is 4.24. The summed E-state index contributed by atoms with van der Waals surface area (Å²) in [5.41, 5.74) is 1.10. The summed E-state index contributed by atoms with van der Waals surface area (Å²) in [4.78, 5) is 15.8. The number of aromatic nitrogens is 2. The van der Waals surface area contributed by atoms with E-state index in [0.29, 0.717) is 11.4 Å². The van der Waals surface area contributed by atoms with Crippen LogP contribution in [0.2, 0.25) is 0 Å². The number of amides is 1. The summed E-state index contributed by atoms with van der Waals surface area (Å²) in [5, 5.41) is 2.62. The number of methoxy groups -OCH3 is 1. The van der Waals surface area contributed by atoms with Crippen molar-refractivity contribution in [2.45, 2.75) is 6.18 Å². The molecular weight excluding hydrogens is 387 g/mol. The zero-order valence-corrected chi connectivity index (χ0v) is 15.0. The van der Waals surface area contributed by atoms with Gasteiger partial charge in [-0.15, -0.1) is 0 Å². The van der Waals surface area contributed by atoms with Crippen LogP contribution in [0.4, 0.5) is 18.9 Å². The number of fused-ring (bicyclic) bond motifs is 1. The van der Waals surface area contributed by atoms with Crippen LogP contribution in [0.15, 0.2) is 65.3 Å². The van der Waals surface area contributed by atoms with Gasteiger partial charge < -0.3 is 14.5 Å². The summed E-state index contributed by atoms with van der Waals surface area (Å²) in [6, 6.07) is 13.6. The van der Waals surface area contributed by atoms with Gasteiger partial charge >= 0.3 is 6.18 Å². The zero-order chi connectivity index (χ0) is 20.6. The Morgan fingerprint density at radius 1 is 1.14 bits per heavy atom. The van der Waals surface area contributed by atoms with Crippen molar-refractivity contribution in [2.75, 3.05) is 12.4 Å². The Balaban J connectivity index is 1.73. The molecule has 2 aromatic carbocycles. The van der Waals surface area contributed by atoms with Crippen LogP contribution in [0, 0.1) is 0 Å². The molecule has 0 radical (unpaired) electrons. The molecule has 9 heteroatoms. The SMILES string of the molecule is COc1ccc2c(c1)nc(C(F)(F)F)n2-c1ccc(NC(=O)c2ccco2)cc1. The molecule has 0 atom stereocenters. The number of halogens is 3. The van der Waals surface area contributed by atoms with E-state index in [4.69, 9.17) is 9.15 Å². The Labute approximate surface area is 162 Å². The van der Waals surface area contributed by atoms with Gasteiger partial charge in [-0.05, 0) is 48.5 Å². The van der Waals surface area contributed by atoms with Crippen molar-refractivity contribution in [3.63, 3.8) is 0 Å². The molecule has 1 N–H and O–H groups in total. The molecule has 0 bridgehead atoms. The fraction of sp³-hybridized carbons (Fsp3) is 0.100. The largest absolute Gasteiger partial charge is 0.497 e. The Bertz CT molecular complexity index is 1160. The summed E-state index contributed by atoms with van der Waals surface area (Å²) >= 11 is 0. The molecule has 0 spiro atoms. The summed E-state index contributed by atoms with van der Waals surface area (Å²) in [6.07, 6.45) is -3.28.